The minimum atomic E-state index is -0.332. The lowest BCUT2D eigenvalue weighted by Crippen LogP contribution is -2.49. The van der Waals surface area contributed by atoms with Gasteiger partial charge in [0.05, 0.1) is 6.42 Å². The summed E-state index contributed by atoms with van der Waals surface area (Å²) < 4.78 is 0. The van der Waals surface area contributed by atoms with Crippen LogP contribution in [-0.2, 0) is 22.6 Å². The van der Waals surface area contributed by atoms with E-state index in [1.54, 1.807) is 6.20 Å². The number of carbonyl (C=O) groups is 2. The summed E-state index contributed by atoms with van der Waals surface area (Å²) in [5, 5.41) is 0. The number of aromatic nitrogens is 1. The molecule has 2 aromatic rings. The number of amides is 2. The summed E-state index contributed by atoms with van der Waals surface area (Å²) >= 11 is 0. The van der Waals surface area contributed by atoms with Crippen LogP contribution < -0.4 is 0 Å². The highest BCUT2D eigenvalue weighted by atomic mass is 16.2. The maximum absolute atomic E-state index is 13.7. The highest BCUT2D eigenvalue weighted by Gasteiger charge is 2.45. The molecule has 2 saturated heterocycles. The van der Waals surface area contributed by atoms with E-state index in [2.05, 4.69) is 28.9 Å². The van der Waals surface area contributed by atoms with Crippen molar-refractivity contribution in [3.63, 3.8) is 0 Å². The van der Waals surface area contributed by atoms with E-state index in [1.165, 1.54) is 5.56 Å². The van der Waals surface area contributed by atoms with Crippen LogP contribution in [0.5, 0.6) is 0 Å². The highest BCUT2D eigenvalue weighted by Crippen LogP contribution is 2.43. The molecule has 0 bridgehead atoms. The zero-order valence-corrected chi connectivity index (χ0v) is 18.5. The van der Waals surface area contributed by atoms with Gasteiger partial charge in [-0.3, -0.25) is 14.6 Å². The molecule has 1 atom stereocenters. The summed E-state index contributed by atoms with van der Waals surface area (Å²) in [4.78, 5) is 34.7. The fourth-order valence-corrected chi connectivity index (χ4v) is 5.23. The first-order chi connectivity index (χ1) is 15.1. The minimum Gasteiger partial charge on any atom is -0.342 e. The number of nitrogens with zero attached hydrogens (tertiary/aromatic N) is 3. The summed E-state index contributed by atoms with van der Waals surface area (Å²) in [5.41, 5.74) is 1.67. The van der Waals surface area contributed by atoms with Crippen molar-refractivity contribution >= 4 is 11.8 Å². The van der Waals surface area contributed by atoms with Crippen LogP contribution in [0.4, 0.5) is 0 Å². The monoisotopic (exact) mass is 419 g/mol. The second-order valence-corrected chi connectivity index (χ2v) is 9.24. The normalized spacial score (nSPS) is 22.9. The van der Waals surface area contributed by atoms with Crippen LogP contribution in [0.25, 0.3) is 0 Å². The van der Waals surface area contributed by atoms with Crippen LogP contribution >= 0.6 is 0 Å². The molecule has 2 aliphatic rings. The molecule has 1 aromatic heterocycles. The molecular weight excluding hydrogens is 386 g/mol. The van der Waals surface area contributed by atoms with Crippen LogP contribution in [0.3, 0.4) is 0 Å². The number of benzene rings is 1. The Morgan fingerprint density at radius 2 is 1.77 bits per heavy atom. The molecule has 2 amide bonds. The minimum absolute atomic E-state index is 0.139. The van der Waals surface area contributed by atoms with Gasteiger partial charge >= 0.3 is 0 Å². The van der Waals surface area contributed by atoms with Gasteiger partial charge in [0.15, 0.2) is 0 Å². The Morgan fingerprint density at radius 1 is 1.03 bits per heavy atom. The highest BCUT2D eigenvalue weighted by molar-refractivity contribution is 5.83. The summed E-state index contributed by atoms with van der Waals surface area (Å²) in [5.74, 6) is 0.766. The number of rotatable bonds is 5. The largest absolute Gasteiger partial charge is 0.342 e. The predicted molar refractivity (Wildman–Crippen MR) is 121 cm³/mol. The van der Waals surface area contributed by atoms with Gasteiger partial charge in [-0.2, -0.15) is 0 Å². The second kappa shape index (κ2) is 9.63. The van der Waals surface area contributed by atoms with Crippen LogP contribution in [0.1, 0.15) is 50.3 Å². The van der Waals surface area contributed by atoms with E-state index < -0.39 is 0 Å². The Balaban J connectivity index is 1.39. The van der Waals surface area contributed by atoms with E-state index in [1.807, 2.05) is 41.3 Å². The molecule has 164 valence electrons. The van der Waals surface area contributed by atoms with Crippen LogP contribution in [0.15, 0.2) is 54.7 Å². The van der Waals surface area contributed by atoms with Crippen LogP contribution in [0, 0.1) is 11.3 Å². The van der Waals surface area contributed by atoms with Crippen molar-refractivity contribution < 1.29 is 9.59 Å². The zero-order valence-electron chi connectivity index (χ0n) is 18.5. The lowest BCUT2D eigenvalue weighted by Gasteiger charge is -2.43. The first-order valence-electron chi connectivity index (χ1n) is 11.6. The molecule has 3 heterocycles. The van der Waals surface area contributed by atoms with Gasteiger partial charge in [0.25, 0.3) is 0 Å². The molecule has 0 N–H and O–H groups in total. The lowest BCUT2D eigenvalue weighted by molar-refractivity contribution is -0.146. The Bertz CT molecular complexity index is 878. The van der Waals surface area contributed by atoms with E-state index in [9.17, 15) is 9.59 Å². The molecule has 0 saturated carbocycles. The van der Waals surface area contributed by atoms with Crippen molar-refractivity contribution in [2.75, 3.05) is 19.6 Å². The van der Waals surface area contributed by atoms with Gasteiger partial charge in [0.2, 0.25) is 11.8 Å². The summed E-state index contributed by atoms with van der Waals surface area (Å²) in [6.45, 7) is 5.17. The number of likely N-dealkylation sites (tertiary alicyclic amines) is 2. The van der Waals surface area contributed by atoms with Gasteiger partial charge in [-0.1, -0.05) is 49.7 Å². The molecule has 0 spiro atoms. The topological polar surface area (TPSA) is 53.5 Å². The number of carbonyl (C=O) groups excluding carboxylic acids is 2. The maximum atomic E-state index is 13.7. The molecular formula is C26H33N3O2. The Hall–Kier alpha value is -2.69. The maximum Gasteiger partial charge on any atom is 0.229 e. The molecule has 2 aliphatic heterocycles. The van der Waals surface area contributed by atoms with Crippen molar-refractivity contribution in [3.8, 4) is 0 Å². The third-order valence-electron chi connectivity index (χ3n) is 7.17. The third kappa shape index (κ3) is 4.97. The van der Waals surface area contributed by atoms with E-state index >= 15 is 0 Å². The molecule has 1 unspecified atom stereocenters. The average molecular weight is 420 g/mol. The smallest absolute Gasteiger partial charge is 0.229 e. The quantitative estimate of drug-likeness (QED) is 0.734. The van der Waals surface area contributed by atoms with Crippen LogP contribution in [-0.4, -0.2) is 46.2 Å². The van der Waals surface area contributed by atoms with Crippen molar-refractivity contribution in [2.45, 2.75) is 52.0 Å². The lowest BCUT2D eigenvalue weighted by atomic mass is 9.69. The molecule has 4 rings (SSSR count). The van der Waals surface area contributed by atoms with E-state index in [0.717, 1.165) is 57.4 Å². The summed E-state index contributed by atoms with van der Waals surface area (Å²) in [6.07, 6.45) is 6.98. The van der Waals surface area contributed by atoms with Gasteiger partial charge in [0, 0.05) is 43.5 Å². The van der Waals surface area contributed by atoms with Crippen molar-refractivity contribution in [1.82, 2.24) is 14.8 Å². The van der Waals surface area contributed by atoms with Crippen molar-refractivity contribution in [1.29, 1.82) is 0 Å². The molecule has 0 aliphatic carbocycles. The van der Waals surface area contributed by atoms with Gasteiger partial charge in [0.1, 0.15) is 0 Å². The molecule has 5 nitrogen and oxygen atoms in total. The summed E-state index contributed by atoms with van der Waals surface area (Å²) in [7, 11) is 0. The van der Waals surface area contributed by atoms with E-state index in [-0.39, 0.29) is 11.3 Å². The van der Waals surface area contributed by atoms with Crippen LogP contribution in [0.2, 0.25) is 0 Å². The van der Waals surface area contributed by atoms with Gasteiger partial charge in [-0.25, -0.2) is 0 Å². The third-order valence-corrected chi connectivity index (χ3v) is 7.17. The number of hydrogen-bond donors (Lipinski definition) is 0. The fraction of sp³-hybridized carbons (Fsp3) is 0.500. The average Bonchev–Trinajstić information content (AvgIpc) is 2.95. The molecule has 0 radical (unpaired) electrons. The number of hydrogen-bond acceptors (Lipinski definition) is 3. The molecule has 5 heteroatoms. The first-order valence-corrected chi connectivity index (χ1v) is 11.6. The van der Waals surface area contributed by atoms with Gasteiger partial charge in [-0.05, 0) is 49.3 Å². The van der Waals surface area contributed by atoms with Crippen molar-refractivity contribution in [3.05, 3.63) is 66.0 Å². The standard InChI is InChI=1S/C26H33N3O2/c1-26(14-6-8-16-29(25(26)31)20-21-9-3-2-4-10-21)22-12-17-28(18-13-22)24(30)19-23-11-5-7-15-27-23/h2-5,7,9-11,15,22H,6,8,12-14,16-20H2,1H3. The fourth-order valence-electron chi connectivity index (χ4n) is 5.23. The number of pyridine rings is 1. The second-order valence-electron chi connectivity index (χ2n) is 9.24. The zero-order chi connectivity index (χ0) is 21.7. The summed E-state index contributed by atoms with van der Waals surface area (Å²) in [6, 6.07) is 16.0. The number of piperidine rings is 1. The van der Waals surface area contributed by atoms with E-state index in [0.29, 0.717) is 24.8 Å². The molecule has 1 aromatic carbocycles. The van der Waals surface area contributed by atoms with Gasteiger partial charge in [-0.15, -0.1) is 0 Å². The first kappa shape index (κ1) is 21.5. The van der Waals surface area contributed by atoms with E-state index in [4.69, 9.17) is 0 Å². The van der Waals surface area contributed by atoms with Gasteiger partial charge < -0.3 is 9.80 Å². The molecule has 2 fully saturated rings. The van der Waals surface area contributed by atoms with Crippen molar-refractivity contribution in [2.24, 2.45) is 11.3 Å². The molecule has 31 heavy (non-hydrogen) atoms. The Morgan fingerprint density at radius 3 is 2.48 bits per heavy atom. The Kier molecular flexibility index (Phi) is 6.69. The SMILES string of the molecule is CC1(C2CCN(C(=O)Cc3ccccn3)CC2)CCCCN(Cc2ccccc2)C1=O. The predicted octanol–water partition coefficient (Wildman–Crippen LogP) is 4.08. The Labute approximate surface area is 185 Å².